The smallest absolute Gasteiger partial charge is 0.419 e. The zero-order valence-electron chi connectivity index (χ0n) is 29.2. The summed E-state index contributed by atoms with van der Waals surface area (Å²) in [5.41, 5.74) is 1.47. The number of piperidine rings is 1. The Morgan fingerprint density at radius 3 is 2.35 bits per heavy atom. The molecule has 11 heteroatoms. The third-order valence-corrected chi connectivity index (χ3v) is 10.0. The van der Waals surface area contributed by atoms with Crippen LogP contribution in [0, 0.1) is 5.92 Å². The molecule has 0 spiro atoms. The molecule has 3 fully saturated rings. The van der Waals surface area contributed by atoms with Gasteiger partial charge in [-0.1, -0.05) is 49.2 Å². The van der Waals surface area contributed by atoms with Gasteiger partial charge in [-0.3, -0.25) is 4.90 Å². The van der Waals surface area contributed by atoms with Crippen molar-refractivity contribution in [3.05, 3.63) is 77.6 Å². The molecular weight excluding hydrogens is 629 g/mol. The van der Waals surface area contributed by atoms with E-state index in [-0.39, 0.29) is 18.7 Å². The van der Waals surface area contributed by atoms with E-state index < -0.39 is 17.8 Å². The van der Waals surface area contributed by atoms with Crippen LogP contribution in [0.1, 0.15) is 64.0 Å². The number of nitrogens with one attached hydrogen (secondary N) is 2. The predicted molar refractivity (Wildman–Crippen MR) is 192 cm³/mol. The summed E-state index contributed by atoms with van der Waals surface area (Å²) in [6.07, 6.45) is 4.28. The Morgan fingerprint density at radius 1 is 1.02 bits per heavy atom. The lowest BCUT2D eigenvalue weighted by atomic mass is 10.0. The van der Waals surface area contributed by atoms with Gasteiger partial charge in [-0.2, -0.15) is 13.2 Å². The molecule has 8 nitrogen and oxygen atoms in total. The molecule has 3 N–H and O–H groups in total. The fourth-order valence-electron chi connectivity index (χ4n) is 6.95. The Labute approximate surface area is 289 Å². The Kier molecular flexibility index (Phi) is 13.0. The summed E-state index contributed by atoms with van der Waals surface area (Å²) in [6.45, 7) is 10.8. The van der Waals surface area contributed by atoms with E-state index in [0.717, 1.165) is 62.4 Å². The van der Waals surface area contributed by atoms with Crippen LogP contribution in [0.25, 0.3) is 0 Å². The highest BCUT2D eigenvalue weighted by Crippen LogP contribution is 2.35. The maximum atomic E-state index is 14.3. The maximum absolute atomic E-state index is 14.3. The predicted octanol–water partition coefficient (Wildman–Crippen LogP) is 6.98. The van der Waals surface area contributed by atoms with Crippen molar-refractivity contribution in [1.82, 2.24) is 15.1 Å². The summed E-state index contributed by atoms with van der Waals surface area (Å²) in [6, 6.07) is 15.0. The van der Waals surface area contributed by atoms with E-state index >= 15 is 0 Å². The third kappa shape index (κ3) is 10.5. The van der Waals surface area contributed by atoms with Crippen LogP contribution in [0.4, 0.5) is 24.5 Å². The number of benzene rings is 2. The van der Waals surface area contributed by atoms with Gasteiger partial charge in [0.05, 0.1) is 24.4 Å². The van der Waals surface area contributed by atoms with Gasteiger partial charge in [0.15, 0.2) is 0 Å². The van der Waals surface area contributed by atoms with Gasteiger partial charge >= 0.3 is 6.18 Å². The van der Waals surface area contributed by atoms with Crippen molar-refractivity contribution in [2.24, 2.45) is 10.9 Å². The number of alkyl halides is 3. The van der Waals surface area contributed by atoms with Crippen LogP contribution in [0.2, 0.25) is 0 Å². The van der Waals surface area contributed by atoms with Gasteiger partial charge < -0.3 is 30.3 Å². The van der Waals surface area contributed by atoms with E-state index in [2.05, 4.69) is 30.3 Å². The number of aliphatic hydroxyl groups is 1. The molecule has 0 radical (unpaired) electrons. The molecule has 1 unspecified atom stereocenters. The number of amidine groups is 1. The molecule has 5 rings (SSSR count). The zero-order chi connectivity index (χ0) is 34.8. The molecule has 0 aromatic heterocycles. The Hall–Kier alpha value is -3.54. The molecule has 2 aromatic carbocycles. The molecule has 0 amide bonds. The number of allylic oxidation sites excluding steroid dienone is 2. The number of ether oxygens (including phenoxy) is 1. The monoisotopic (exact) mass is 682 g/mol. The molecular formula is C38H53F3N6O2. The molecule has 1 atom stereocenters. The molecule has 49 heavy (non-hydrogen) atoms. The number of hydrogen-bond acceptors (Lipinski definition) is 7. The number of methoxy groups -OCH3 is 1. The van der Waals surface area contributed by atoms with E-state index in [1.165, 1.54) is 45.0 Å². The normalized spacial score (nSPS) is 20.0. The van der Waals surface area contributed by atoms with E-state index in [0.29, 0.717) is 23.3 Å². The number of anilines is 2. The molecule has 1 aliphatic carbocycles. The van der Waals surface area contributed by atoms with Gasteiger partial charge in [0, 0.05) is 75.6 Å². The van der Waals surface area contributed by atoms with Crippen LogP contribution in [-0.2, 0) is 0 Å². The number of piperazine rings is 1. The Balaban J connectivity index is 1.19. The average Bonchev–Trinajstić information content (AvgIpc) is 3.95. The van der Waals surface area contributed by atoms with Gasteiger partial charge in [-0.15, -0.1) is 0 Å². The Morgan fingerprint density at radius 2 is 1.73 bits per heavy atom. The largest absolute Gasteiger partial charge is 0.495 e. The minimum absolute atomic E-state index is 0.104. The summed E-state index contributed by atoms with van der Waals surface area (Å²) >= 11 is 0. The van der Waals surface area contributed by atoms with Gasteiger partial charge in [0.2, 0.25) is 0 Å². The maximum Gasteiger partial charge on any atom is 0.419 e. The first-order valence-corrected chi connectivity index (χ1v) is 17.8. The molecule has 2 saturated heterocycles. The second kappa shape index (κ2) is 17.4. The van der Waals surface area contributed by atoms with Crippen molar-refractivity contribution in [2.45, 2.75) is 70.6 Å². The standard InChI is InChI=1S/C38H53F3N6O2/c1-4-34(44-35(17-25-48)30-8-6-5-7-9-30)33(38(39,40)41)27-42-28(2)43-31-12-13-36(37(26-31)49-3)47-19-15-32(16-20-47)46-23-21-45(22-24-46)18-14-29-10-11-29/h4-9,12-13,26-27,29,32,35,44,48H,10-11,14-25H2,1-3H3,(H,42,43)/b33-27+,34-4+. The highest BCUT2D eigenvalue weighted by Gasteiger charge is 2.37. The first-order chi connectivity index (χ1) is 23.7. The van der Waals surface area contributed by atoms with E-state index in [9.17, 15) is 18.3 Å². The topological polar surface area (TPSA) is 75.6 Å². The van der Waals surface area contributed by atoms with E-state index in [4.69, 9.17) is 4.74 Å². The summed E-state index contributed by atoms with van der Waals surface area (Å²) in [4.78, 5) is 11.9. The number of aliphatic imine (C=N–C) groups is 1. The van der Waals surface area contributed by atoms with Crippen LogP contribution in [-0.4, -0.2) is 92.5 Å². The molecule has 3 aliphatic rings. The highest BCUT2D eigenvalue weighted by atomic mass is 19.4. The first kappa shape index (κ1) is 36.7. The summed E-state index contributed by atoms with van der Waals surface area (Å²) < 4.78 is 48.6. The molecule has 2 aromatic rings. The number of nitrogens with zero attached hydrogens (tertiary/aromatic N) is 4. The minimum Gasteiger partial charge on any atom is -0.495 e. The first-order valence-electron chi connectivity index (χ1n) is 17.8. The van der Waals surface area contributed by atoms with Crippen molar-refractivity contribution >= 4 is 17.2 Å². The molecule has 1 saturated carbocycles. The Bertz CT molecular complexity index is 1430. The average molecular weight is 683 g/mol. The second-order valence-corrected chi connectivity index (χ2v) is 13.4. The fourth-order valence-corrected chi connectivity index (χ4v) is 6.95. The summed E-state index contributed by atoms with van der Waals surface area (Å²) in [5.74, 6) is 2.01. The lowest BCUT2D eigenvalue weighted by molar-refractivity contribution is -0.0901. The number of hydrogen-bond donors (Lipinski definition) is 3. The van der Waals surface area contributed by atoms with Crippen LogP contribution in [0.15, 0.2) is 77.1 Å². The summed E-state index contributed by atoms with van der Waals surface area (Å²) in [7, 11) is 1.64. The van der Waals surface area contributed by atoms with Crippen molar-refractivity contribution in [2.75, 3.05) is 69.7 Å². The lowest BCUT2D eigenvalue weighted by Gasteiger charge is -2.43. The van der Waals surface area contributed by atoms with Crippen molar-refractivity contribution in [3.63, 3.8) is 0 Å². The number of rotatable bonds is 14. The number of aliphatic hydroxyl groups excluding tert-OH is 1. The fraction of sp³-hybridized carbons (Fsp3) is 0.553. The van der Waals surface area contributed by atoms with Crippen LogP contribution in [0.3, 0.4) is 0 Å². The van der Waals surface area contributed by atoms with Gasteiger partial charge in [0.25, 0.3) is 0 Å². The second-order valence-electron chi connectivity index (χ2n) is 13.4. The lowest BCUT2D eigenvalue weighted by Crippen LogP contribution is -2.53. The van der Waals surface area contributed by atoms with E-state index in [1.54, 1.807) is 21.0 Å². The van der Waals surface area contributed by atoms with E-state index in [1.807, 2.05) is 48.5 Å². The van der Waals surface area contributed by atoms with Gasteiger partial charge in [0.1, 0.15) is 11.6 Å². The van der Waals surface area contributed by atoms with Crippen LogP contribution in [0.5, 0.6) is 5.75 Å². The van der Waals surface area contributed by atoms with Gasteiger partial charge in [-0.05, 0) is 69.7 Å². The highest BCUT2D eigenvalue weighted by molar-refractivity contribution is 5.94. The summed E-state index contributed by atoms with van der Waals surface area (Å²) in [5, 5.41) is 15.7. The SMILES string of the molecule is C\C=C(NC(CCO)c1ccccc1)/C(=C\N=C(/C)Nc1ccc(N2CCC(N3CCN(CCC4CC4)CC3)CC2)c(OC)c1)C(F)(F)F. The molecule has 0 bridgehead atoms. The molecule has 2 heterocycles. The van der Waals surface area contributed by atoms with Crippen molar-refractivity contribution < 1.29 is 23.0 Å². The van der Waals surface area contributed by atoms with Crippen LogP contribution < -0.4 is 20.3 Å². The van der Waals surface area contributed by atoms with Crippen molar-refractivity contribution in [3.8, 4) is 5.75 Å². The van der Waals surface area contributed by atoms with Gasteiger partial charge in [-0.25, -0.2) is 4.99 Å². The molecule has 2 aliphatic heterocycles. The van der Waals surface area contributed by atoms with Crippen molar-refractivity contribution in [1.29, 1.82) is 0 Å². The third-order valence-electron chi connectivity index (χ3n) is 10.0. The molecule has 268 valence electrons. The van der Waals surface area contributed by atoms with Crippen LogP contribution >= 0.6 is 0 Å². The zero-order valence-corrected chi connectivity index (χ0v) is 29.2. The quantitative estimate of drug-likeness (QED) is 0.113. The number of halogens is 3. The minimum atomic E-state index is -4.65.